The second-order valence-electron chi connectivity index (χ2n) is 5.72. The van der Waals surface area contributed by atoms with Gasteiger partial charge in [0.2, 0.25) is 0 Å². The molecule has 6 heteroatoms. The van der Waals surface area contributed by atoms with Crippen LogP contribution in [0.2, 0.25) is 0 Å². The van der Waals surface area contributed by atoms with E-state index in [0.29, 0.717) is 37.9 Å². The molecule has 0 heterocycles. The van der Waals surface area contributed by atoms with Crippen molar-refractivity contribution in [3.8, 4) is 53.1 Å². The number of hydrogen-bond acceptors (Lipinski definition) is 4. The largest absolute Gasteiger partial charge is 0.481 e. The number of aliphatic carboxylic acids is 1. The summed E-state index contributed by atoms with van der Waals surface area (Å²) in [6.07, 6.45) is 3.75. The molecule has 0 radical (unpaired) electrons. The summed E-state index contributed by atoms with van der Waals surface area (Å²) < 4.78 is 28.1. The van der Waals surface area contributed by atoms with Gasteiger partial charge >= 0.3 is 5.97 Å². The Morgan fingerprint density at radius 1 is 0.897 bits per heavy atom. The van der Waals surface area contributed by atoms with Crippen LogP contribution in [0.4, 0.5) is 0 Å². The maximum absolute atomic E-state index is 11.4. The SMILES string of the molecule is CS(=O)(=O)c1ccc(OCC#CCC#CCC#CCC#CCCCC(=O)O)cc1. The number of unbranched alkanes of at least 4 members (excludes halogenated alkanes) is 1. The molecular weight excluding hydrogens is 388 g/mol. The molecule has 150 valence electrons. The summed E-state index contributed by atoms with van der Waals surface area (Å²) in [4.78, 5) is 10.6. The first-order valence-electron chi connectivity index (χ1n) is 8.87. The molecule has 0 aliphatic heterocycles. The summed E-state index contributed by atoms with van der Waals surface area (Å²) in [7, 11) is -3.21. The number of carbonyl (C=O) groups is 1. The van der Waals surface area contributed by atoms with E-state index in [1.165, 1.54) is 12.1 Å². The highest BCUT2D eigenvalue weighted by atomic mass is 32.2. The third kappa shape index (κ3) is 12.6. The Balaban J connectivity index is 2.18. The molecule has 0 bridgehead atoms. The molecule has 0 amide bonds. The molecule has 0 fully saturated rings. The predicted octanol–water partition coefficient (Wildman–Crippen LogP) is 2.91. The van der Waals surface area contributed by atoms with E-state index in [0.717, 1.165) is 6.26 Å². The third-order valence-electron chi connectivity index (χ3n) is 3.29. The number of ether oxygens (including phenoxy) is 1. The van der Waals surface area contributed by atoms with Crippen molar-refractivity contribution in [3.05, 3.63) is 24.3 Å². The van der Waals surface area contributed by atoms with Gasteiger partial charge in [0.1, 0.15) is 12.4 Å². The highest BCUT2D eigenvalue weighted by molar-refractivity contribution is 7.90. The standard InChI is InChI=1S/C23H22O5S/c1-29(26,27)22-18-16-21(17-19-22)28-20-14-12-10-8-6-4-2-3-5-7-9-11-13-15-23(24)25/h16-19H,4-5,10-11,13,15,20H2,1H3,(H,24,25). The van der Waals surface area contributed by atoms with Gasteiger partial charge < -0.3 is 9.84 Å². The molecule has 29 heavy (non-hydrogen) atoms. The van der Waals surface area contributed by atoms with Gasteiger partial charge in [-0.05, 0) is 30.7 Å². The van der Waals surface area contributed by atoms with Crippen LogP contribution in [0.15, 0.2) is 29.2 Å². The average Bonchev–Trinajstić information content (AvgIpc) is 2.67. The lowest BCUT2D eigenvalue weighted by Gasteiger charge is -2.02. The summed E-state index contributed by atoms with van der Waals surface area (Å²) in [5.41, 5.74) is 0. The lowest BCUT2D eigenvalue weighted by Crippen LogP contribution is -1.98. The van der Waals surface area contributed by atoms with Crippen molar-refractivity contribution in [2.24, 2.45) is 0 Å². The lowest BCUT2D eigenvalue weighted by atomic mass is 10.2. The molecule has 1 aromatic rings. The average molecular weight is 410 g/mol. The Bertz CT molecular complexity index is 1020. The highest BCUT2D eigenvalue weighted by Crippen LogP contribution is 2.15. The van der Waals surface area contributed by atoms with Crippen LogP contribution < -0.4 is 4.74 Å². The van der Waals surface area contributed by atoms with Crippen molar-refractivity contribution in [2.75, 3.05) is 12.9 Å². The topological polar surface area (TPSA) is 80.7 Å². The van der Waals surface area contributed by atoms with E-state index in [-0.39, 0.29) is 17.9 Å². The number of sulfone groups is 1. The molecule has 0 aromatic heterocycles. The zero-order chi connectivity index (χ0) is 21.4. The first kappa shape index (κ1) is 23.7. The van der Waals surface area contributed by atoms with E-state index < -0.39 is 15.8 Å². The van der Waals surface area contributed by atoms with E-state index in [2.05, 4.69) is 47.4 Å². The van der Waals surface area contributed by atoms with Gasteiger partial charge in [0.25, 0.3) is 0 Å². The Kier molecular flexibility index (Phi) is 11.3. The van der Waals surface area contributed by atoms with Crippen LogP contribution >= 0.6 is 0 Å². The molecule has 0 spiro atoms. The summed E-state index contributed by atoms with van der Waals surface area (Å²) in [6.45, 7) is 0.199. The number of hydrogen-bond donors (Lipinski definition) is 1. The summed E-state index contributed by atoms with van der Waals surface area (Å²) >= 11 is 0. The van der Waals surface area contributed by atoms with Crippen molar-refractivity contribution >= 4 is 15.8 Å². The van der Waals surface area contributed by atoms with Crippen LogP contribution in [0.1, 0.15) is 38.5 Å². The minimum atomic E-state index is -3.21. The molecule has 0 saturated heterocycles. The first-order valence-corrected chi connectivity index (χ1v) is 10.8. The summed E-state index contributed by atoms with van der Waals surface area (Å²) in [6, 6.07) is 6.18. The van der Waals surface area contributed by atoms with E-state index in [1.807, 2.05) is 0 Å². The molecule has 1 rings (SSSR count). The predicted molar refractivity (Wildman–Crippen MR) is 111 cm³/mol. The van der Waals surface area contributed by atoms with Crippen molar-refractivity contribution in [1.29, 1.82) is 0 Å². The van der Waals surface area contributed by atoms with E-state index in [9.17, 15) is 13.2 Å². The second kappa shape index (κ2) is 13.8. The van der Waals surface area contributed by atoms with Crippen LogP contribution in [0.25, 0.3) is 0 Å². The first-order chi connectivity index (χ1) is 13.9. The number of carboxylic acid groups (broad SMARTS) is 1. The van der Waals surface area contributed by atoms with Crippen molar-refractivity contribution in [3.63, 3.8) is 0 Å². The van der Waals surface area contributed by atoms with Crippen molar-refractivity contribution < 1.29 is 23.1 Å². The number of rotatable bonds is 6. The monoisotopic (exact) mass is 410 g/mol. The van der Waals surface area contributed by atoms with Crippen LogP contribution in [-0.2, 0) is 14.6 Å². The maximum atomic E-state index is 11.4. The van der Waals surface area contributed by atoms with E-state index >= 15 is 0 Å². The van der Waals surface area contributed by atoms with Gasteiger partial charge in [-0.1, -0.05) is 41.4 Å². The van der Waals surface area contributed by atoms with E-state index in [1.54, 1.807) is 12.1 Å². The zero-order valence-electron chi connectivity index (χ0n) is 16.2. The van der Waals surface area contributed by atoms with Gasteiger partial charge in [-0.2, -0.15) is 0 Å². The Morgan fingerprint density at radius 3 is 1.93 bits per heavy atom. The Hall–Kier alpha value is -3.32. The Labute approximate surface area is 172 Å². The zero-order valence-corrected chi connectivity index (χ0v) is 17.1. The molecule has 1 aromatic carbocycles. The van der Waals surface area contributed by atoms with E-state index in [4.69, 9.17) is 9.84 Å². The van der Waals surface area contributed by atoms with Crippen LogP contribution in [-0.4, -0.2) is 32.4 Å². The minimum absolute atomic E-state index is 0.142. The second-order valence-corrected chi connectivity index (χ2v) is 7.74. The fourth-order valence-electron chi connectivity index (χ4n) is 1.88. The third-order valence-corrected chi connectivity index (χ3v) is 4.41. The molecule has 1 N–H and O–H groups in total. The summed E-state index contributed by atoms with van der Waals surface area (Å²) in [5, 5.41) is 8.48. The van der Waals surface area contributed by atoms with Crippen LogP contribution in [0, 0.1) is 47.4 Å². The molecular formula is C23H22O5S. The molecule has 0 aliphatic carbocycles. The van der Waals surface area contributed by atoms with Crippen LogP contribution in [0.5, 0.6) is 5.75 Å². The smallest absolute Gasteiger partial charge is 0.303 e. The lowest BCUT2D eigenvalue weighted by molar-refractivity contribution is -0.137. The maximum Gasteiger partial charge on any atom is 0.303 e. The summed E-state index contributed by atoms with van der Waals surface area (Å²) in [5.74, 6) is 22.8. The van der Waals surface area contributed by atoms with Gasteiger partial charge in [-0.25, -0.2) is 8.42 Å². The number of carboxylic acids is 1. The van der Waals surface area contributed by atoms with Gasteiger partial charge in [-0.3, -0.25) is 4.79 Å². The Morgan fingerprint density at radius 2 is 1.41 bits per heavy atom. The van der Waals surface area contributed by atoms with Crippen molar-refractivity contribution in [2.45, 2.75) is 43.4 Å². The minimum Gasteiger partial charge on any atom is -0.481 e. The molecule has 5 nitrogen and oxygen atoms in total. The quantitative estimate of drug-likeness (QED) is 0.576. The molecule has 0 unspecified atom stereocenters. The fourth-order valence-corrected chi connectivity index (χ4v) is 2.51. The van der Waals surface area contributed by atoms with Gasteiger partial charge in [-0.15, -0.1) is 5.92 Å². The molecule has 0 saturated carbocycles. The van der Waals surface area contributed by atoms with Gasteiger partial charge in [0.05, 0.1) is 24.2 Å². The highest BCUT2D eigenvalue weighted by Gasteiger charge is 2.05. The number of benzene rings is 1. The molecule has 0 atom stereocenters. The fraction of sp³-hybridized carbons (Fsp3) is 0.348. The molecule has 0 aliphatic rings. The van der Waals surface area contributed by atoms with Gasteiger partial charge in [0.15, 0.2) is 9.84 Å². The van der Waals surface area contributed by atoms with Crippen molar-refractivity contribution in [1.82, 2.24) is 0 Å². The van der Waals surface area contributed by atoms with Gasteiger partial charge in [0, 0.05) is 19.1 Å². The van der Waals surface area contributed by atoms with Crippen LogP contribution in [0.3, 0.4) is 0 Å². The normalized spacial score (nSPS) is 9.28.